The highest BCUT2D eigenvalue weighted by Crippen LogP contribution is 2.19. The maximum atomic E-state index is 5.92. The van der Waals surface area contributed by atoms with E-state index in [1.165, 1.54) is 11.3 Å². The molecule has 3 aromatic rings. The van der Waals surface area contributed by atoms with Crippen molar-refractivity contribution in [3.05, 3.63) is 57.8 Å². The van der Waals surface area contributed by atoms with Crippen LogP contribution in [0.4, 0.5) is 0 Å². The Hall–Kier alpha value is -1.36. The zero-order valence-corrected chi connectivity index (χ0v) is 13.0. The van der Waals surface area contributed by atoms with Gasteiger partial charge in [0.15, 0.2) is 4.96 Å². The van der Waals surface area contributed by atoms with Gasteiger partial charge in [0.05, 0.1) is 11.4 Å². The lowest BCUT2D eigenvalue weighted by Crippen LogP contribution is -2.19. The van der Waals surface area contributed by atoms with Crippen LogP contribution in [-0.2, 0) is 6.54 Å². The number of nitrogens with one attached hydrogen (secondary N) is 1. The van der Waals surface area contributed by atoms with Gasteiger partial charge in [-0.25, -0.2) is 4.98 Å². The molecular formula is C15H16ClN3S. The second-order valence-electron chi connectivity index (χ2n) is 4.85. The van der Waals surface area contributed by atoms with E-state index < -0.39 is 0 Å². The summed E-state index contributed by atoms with van der Waals surface area (Å²) in [6.45, 7) is 5.02. The monoisotopic (exact) mass is 305 g/mol. The van der Waals surface area contributed by atoms with Crippen LogP contribution in [0.1, 0.15) is 29.9 Å². The topological polar surface area (TPSA) is 29.3 Å². The molecule has 2 aromatic heterocycles. The zero-order valence-electron chi connectivity index (χ0n) is 11.4. The number of fused-ring (bicyclic) bond motifs is 1. The third-order valence-electron chi connectivity index (χ3n) is 3.51. The molecule has 0 spiro atoms. The van der Waals surface area contributed by atoms with E-state index in [1.54, 1.807) is 11.3 Å². The quantitative estimate of drug-likeness (QED) is 0.782. The van der Waals surface area contributed by atoms with E-state index in [-0.39, 0.29) is 6.04 Å². The Morgan fingerprint density at radius 2 is 2.10 bits per heavy atom. The lowest BCUT2D eigenvalue weighted by atomic mass is 10.1. The van der Waals surface area contributed by atoms with E-state index in [2.05, 4.69) is 52.3 Å². The second kappa shape index (κ2) is 5.56. The maximum absolute atomic E-state index is 5.92. The molecule has 3 nitrogen and oxygen atoms in total. The first kappa shape index (κ1) is 13.6. The number of hydrogen-bond donors (Lipinski definition) is 1. The van der Waals surface area contributed by atoms with Crippen LogP contribution in [0.2, 0.25) is 5.02 Å². The third kappa shape index (κ3) is 2.59. The van der Waals surface area contributed by atoms with Crippen molar-refractivity contribution in [2.45, 2.75) is 26.4 Å². The first-order chi connectivity index (χ1) is 9.65. The summed E-state index contributed by atoms with van der Waals surface area (Å²) in [5.74, 6) is 0. The van der Waals surface area contributed by atoms with E-state index >= 15 is 0 Å². The van der Waals surface area contributed by atoms with E-state index in [9.17, 15) is 0 Å². The normalized spacial score (nSPS) is 12.9. The van der Waals surface area contributed by atoms with Crippen molar-refractivity contribution in [2.24, 2.45) is 0 Å². The Kier molecular flexibility index (Phi) is 3.78. The molecule has 0 saturated carbocycles. The number of benzene rings is 1. The molecule has 104 valence electrons. The Morgan fingerprint density at radius 3 is 2.85 bits per heavy atom. The summed E-state index contributed by atoms with van der Waals surface area (Å²) in [5.41, 5.74) is 3.55. The van der Waals surface area contributed by atoms with Crippen molar-refractivity contribution >= 4 is 27.9 Å². The number of thiazole rings is 1. The molecule has 2 heterocycles. The number of aromatic nitrogens is 2. The first-order valence-corrected chi connectivity index (χ1v) is 7.81. The lowest BCUT2D eigenvalue weighted by molar-refractivity contribution is 0.564. The van der Waals surface area contributed by atoms with Gasteiger partial charge in [-0.3, -0.25) is 4.40 Å². The molecule has 20 heavy (non-hydrogen) atoms. The molecule has 0 aliphatic rings. The lowest BCUT2D eigenvalue weighted by Gasteiger charge is -2.14. The summed E-state index contributed by atoms with van der Waals surface area (Å²) < 4.78 is 2.15. The van der Waals surface area contributed by atoms with Crippen LogP contribution in [0.3, 0.4) is 0 Å². The van der Waals surface area contributed by atoms with Gasteiger partial charge in [-0.15, -0.1) is 11.3 Å². The maximum Gasteiger partial charge on any atom is 0.194 e. The van der Waals surface area contributed by atoms with Crippen LogP contribution >= 0.6 is 22.9 Å². The average Bonchev–Trinajstić information content (AvgIpc) is 2.98. The summed E-state index contributed by atoms with van der Waals surface area (Å²) in [6, 6.07) is 8.25. The molecule has 0 bridgehead atoms. The number of halogens is 1. The highest BCUT2D eigenvalue weighted by molar-refractivity contribution is 7.15. The fraction of sp³-hybridized carbons (Fsp3) is 0.267. The standard InChI is InChI=1S/C15H16ClN3S/c1-10(12-3-5-13(16)6-4-12)17-9-14-11(2)18-15-19(14)7-8-20-15/h3-8,10,17H,9H2,1-2H3/t10-/m0/s1. The van der Waals surface area contributed by atoms with Gasteiger partial charge >= 0.3 is 0 Å². The van der Waals surface area contributed by atoms with Gasteiger partial charge in [0, 0.05) is 29.2 Å². The van der Waals surface area contributed by atoms with Gasteiger partial charge < -0.3 is 5.32 Å². The van der Waals surface area contributed by atoms with Crippen LogP contribution < -0.4 is 5.32 Å². The summed E-state index contributed by atoms with van der Waals surface area (Å²) in [7, 11) is 0. The van der Waals surface area contributed by atoms with Crippen LogP contribution in [0, 0.1) is 6.92 Å². The minimum atomic E-state index is 0.274. The highest BCUT2D eigenvalue weighted by atomic mass is 35.5. The molecule has 1 aromatic carbocycles. The zero-order chi connectivity index (χ0) is 14.1. The Balaban J connectivity index is 1.74. The molecule has 0 unspecified atom stereocenters. The van der Waals surface area contributed by atoms with Crippen LogP contribution in [-0.4, -0.2) is 9.38 Å². The summed E-state index contributed by atoms with van der Waals surface area (Å²) >= 11 is 7.58. The Bertz CT molecular complexity index is 714. The summed E-state index contributed by atoms with van der Waals surface area (Å²) in [4.78, 5) is 5.61. The number of aryl methyl sites for hydroxylation is 1. The minimum Gasteiger partial charge on any atom is -0.305 e. The molecule has 3 rings (SSSR count). The predicted molar refractivity (Wildman–Crippen MR) is 84.5 cm³/mol. The number of imidazole rings is 1. The third-order valence-corrected chi connectivity index (χ3v) is 4.52. The fourth-order valence-electron chi connectivity index (χ4n) is 2.27. The summed E-state index contributed by atoms with van der Waals surface area (Å²) in [6.07, 6.45) is 2.07. The van der Waals surface area contributed by atoms with Crippen molar-refractivity contribution in [2.75, 3.05) is 0 Å². The molecular weight excluding hydrogens is 290 g/mol. The smallest absolute Gasteiger partial charge is 0.194 e. The van der Waals surface area contributed by atoms with Crippen molar-refractivity contribution in [3.63, 3.8) is 0 Å². The molecule has 1 N–H and O–H groups in total. The van der Waals surface area contributed by atoms with Crippen LogP contribution in [0.25, 0.3) is 4.96 Å². The van der Waals surface area contributed by atoms with Crippen molar-refractivity contribution in [1.29, 1.82) is 0 Å². The van der Waals surface area contributed by atoms with Gasteiger partial charge in [0.25, 0.3) is 0 Å². The van der Waals surface area contributed by atoms with Gasteiger partial charge in [0.1, 0.15) is 0 Å². The van der Waals surface area contributed by atoms with Crippen molar-refractivity contribution in [3.8, 4) is 0 Å². The van der Waals surface area contributed by atoms with Crippen molar-refractivity contribution in [1.82, 2.24) is 14.7 Å². The number of hydrogen-bond acceptors (Lipinski definition) is 3. The van der Waals surface area contributed by atoms with E-state index in [0.717, 1.165) is 22.2 Å². The highest BCUT2D eigenvalue weighted by Gasteiger charge is 2.11. The van der Waals surface area contributed by atoms with E-state index in [0.29, 0.717) is 0 Å². The Labute approximate surface area is 127 Å². The van der Waals surface area contributed by atoms with Gasteiger partial charge in [-0.2, -0.15) is 0 Å². The van der Waals surface area contributed by atoms with Gasteiger partial charge in [-0.1, -0.05) is 23.7 Å². The molecule has 0 radical (unpaired) electrons. The molecule has 0 saturated heterocycles. The first-order valence-electron chi connectivity index (χ1n) is 6.55. The second-order valence-corrected chi connectivity index (χ2v) is 6.16. The minimum absolute atomic E-state index is 0.274. The van der Waals surface area contributed by atoms with Crippen LogP contribution in [0.5, 0.6) is 0 Å². The fourth-order valence-corrected chi connectivity index (χ4v) is 3.18. The number of rotatable bonds is 4. The van der Waals surface area contributed by atoms with Crippen molar-refractivity contribution < 1.29 is 0 Å². The molecule has 0 fully saturated rings. The van der Waals surface area contributed by atoms with Crippen LogP contribution in [0.15, 0.2) is 35.8 Å². The van der Waals surface area contributed by atoms with E-state index in [4.69, 9.17) is 11.6 Å². The largest absolute Gasteiger partial charge is 0.305 e. The molecule has 0 amide bonds. The van der Waals surface area contributed by atoms with Gasteiger partial charge in [-0.05, 0) is 31.5 Å². The Morgan fingerprint density at radius 1 is 1.35 bits per heavy atom. The average molecular weight is 306 g/mol. The predicted octanol–water partition coefficient (Wildman–Crippen LogP) is 4.21. The number of nitrogens with zero attached hydrogens (tertiary/aromatic N) is 2. The summed E-state index contributed by atoms with van der Waals surface area (Å²) in [5, 5.41) is 6.38. The SMILES string of the molecule is Cc1nc2sccn2c1CN[C@@H](C)c1ccc(Cl)cc1. The molecule has 1 atom stereocenters. The molecule has 5 heteroatoms. The molecule has 0 aliphatic carbocycles. The van der Waals surface area contributed by atoms with E-state index in [1.807, 2.05) is 12.1 Å². The molecule has 0 aliphatic heterocycles. The van der Waals surface area contributed by atoms with Gasteiger partial charge in [0.2, 0.25) is 0 Å².